The van der Waals surface area contributed by atoms with Crippen molar-refractivity contribution in [3.8, 4) is 0 Å². The standard InChI is InChI=1S/C12H17ClN2/c1-8-7-15(10(3)9(8)2)12-6-4-5-11(13)14-12/h4-6,8-10H,7H2,1-3H3. The van der Waals surface area contributed by atoms with E-state index in [1.54, 1.807) is 0 Å². The molecule has 2 heterocycles. The van der Waals surface area contributed by atoms with E-state index >= 15 is 0 Å². The molecule has 0 aromatic carbocycles. The van der Waals surface area contributed by atoms with Crippen molar-refractivity contribution >= 4 is 17.4 Å². The second-order valence-electron chi connectivity index (χ2n) is 4.55. The van der Waals surface area contributed by atoms with Crippen LogP contribution in [-0.2, 0) is 0 Å². The molecule has 3 unspecified atom stereocenters. The molecule has 0 spiro atoms. The van der Waals surface area contributed by atoms with Crippen LogP contribution in [0.5, 0.6) is 0 Å². The predicted octanol–water partition coefficient (Wildman–Crippen LogP) is 3.22. The van der Waals surface area contributed by atoms with E-state index in [1.807, 2.05) is 18.2 Å². The smallest absolute Gasteiger partial charge is 0.131 e. The third kappa shape index (κ3) is 1.96. The first-order valence-corrected chi connectivity index (χ1v) is 5.86. The maximum absolute atomic E-state index is 5.91. The van der Waals surface area contributed by atoms with Gasteiger partial charge in [0.2, 0.25) is 0 Å². The zero-order valence-corrected chi connectivity index (χ0v) is 10.2. The molecule has 0 aliphatic carbocycles. The number of halogens is 1. The lowest BCUT2D eigenvalue weighted by Gasteiger charge is -2.24. The van der Waals surface area contributed by atoms with E-state index < -0.39 is 0 Å². The third-order valence-corrected chi connectivity index (χ3v) is 3.84. The molecule has 1 saturated heterocycles. The lowest BCUT2D eigenvalue weighted by molar-refractivity contribution is 0.441. The van der Waals surface area contributed by atoms with Crippen molar-refractivity contribution in [2.24, 2.45) is 11.8 Å². The highest BCUT2D eigenvalue weighted by Crippen LogP contribution is 2.32. The average molecular weight is 225 g/mol. The molecule has 2 nitrogen and oxygen atoms in total. The van der Waals surface area contributed by atoms with E-state index in [1.165, 1.54) is 0 Å². The number of nitrogens with zero attached hydrogens (tertiary/aromatic N) is 2. The Bertz CT molecular complexity index is 353. The molecule has 0 N–H and O–H groups in total. The molecule has 1 aliphatic rings. The molecule has 1 aromatic heterocycles. The largest absolute Gasteiger partial charge is 0.353 e. The summed E-state index contributed by atoms with van der Waals surface area (Å²) in [6, 6.07) is 6.36. The van der Waals surface area contributed by atoms with Gasteiger partial charge >= 0.3 is 0 Å². The van der Waals surface area contributed by atoms with E-state index in [4.69, 9.17) is 11.6 Å². The molecule has 1 fully saturated rings. The topological polar surface area (TPSA) is 16.1 Å². The molecule has 3 atom stereocenters. The summed E-state index contributed by atoms with van der Waals surface area (Å²) < 4.78 is 0. The molecule has 1 aromatic rings. The van der Waals surface area contributed by atoms with Crippen molar-refractivity contribution in [1.82, 2.24) is 4.98 Å². The summed E-state index contributed by atoms with van der Waals surface area (Å²) in [5, 5.41) is 0.576. The van der Waals surface area contributed by atoms with Crippen molar-refractivity contribution in [2.75, 3.05) is 11.4 Å². The number of anilines is 1. The van der Waals surface area contributed by atoms with Gasteiger partial charge < -0.3 is 4.90 Å². The molecule has 15 heavy (non-hydrogen) atoms. The van der Waals surface area contributed by atoms with Crippen LogP contribution in [0.15, 0.2) is 18.2 Å². The van der Waals surface area contributed by atoms with Crippen LogP contribution in [0.4, 0.5) is 5.82 Å². The van der Waals surface area contributed by atoms with Crippen LogP contribution >= 0.6 is 11.6 Å². The van der Waals surface area contributed by atoms with Gasteiger partial charge in [-0.1, -0.05) is 31.5 Å². The van der Waals surface area contributed by atoms with Gasteiger partial charge in [-0.3, -0.25) is 0 Å². The Morgan fingerprint density at radius 3 is 2.60 bits per heavy atom. The molecule has 1 aliphatic heterocycles. The molecule has 3 heteroatoms. The van der Waals surface area contributed by atoms with Crippen molar-refractivity contribution in [3.63, 3.8) is 0 Å². The Kier molecular flexibility index (Phi) is 2.87. The first kappa shape index (κ1) is 10.7. The number of hydrogen-bond acceptors (Lipinski definition) is 2. The van der Waals surface area contributed by atoms with Crippen LogP contribution in [-0.4, -0.2) is 17.6 Å². The monoisotopic (exact) mass is 224 g/mol. The maximum atomic E-state index is 5.91. The Morgan fingerprint density at radius 2 is 2.07 bits per heavy atom. The van der Waals surface area contributed by atoms with Crippen LogP contribution in [0.3, 0.4) is 0 Å². The first-order valence-electron chi connectivity index (χ1n) is 5.49. The average Bonchev–Trinajstić information content (AvgIpc) is 2.46. The Hall–Kier alpha value is -0.760. The molecule has 0 saturated carbocycles. The van der Waals surface area contributed by atoms with Gasteiger partial charge in [0.25, 0.3) is 0 Å². The molecular weight excluding hydrogens is 208 g/mol. The number of hydrogen-bond donors (Lipinski definition) is 0. The highest BCUT2D eigenvalue weighted by atomic mass is 35.5. The molecule has 0 amide bonds. The van der Waals surface area contributed by atoms with Crippen molar-refractivity contribution in [1.29, 1.82) is 0 Å². The Morgan fingerprint density at radius 1 is 1.33 bits per heavy atom. The van der Waals surface area contributed by atoms with Crippen molar-refractivity contribution in [3.05, 3.63) is 23.4 Å². The van der Waals surface area contributed by atoms with Crippen LogP contribution in [0.1, 0.15) is 20.8 Å². The van der Waals surface area contributed by atoms with Gasteiger partial charge in [-0.05, 0) is 30.9 Å². The quantitative estimate of drug-likeness (QED) is 0.681. The minimum absolute atomic E-state index is 0.547. The summed E-state index contributed by atoms with van der Waals surface area (Å²) in [7, 11) is 0. The number of aromatic nitrogens is 1. The zero-order valence-electron chi connectivity index (χ0n) is 9.44. The fraction of sp³-hybridized carbons (Fsp3) is 0.583. The van der Waals surface area contributed by atoms with Gasteiger partial charge in [0.05, 0.1) is 0 Å². The second kappa shape index (κ2) is 4.01. The molecular formula is C12H17ClN2. The Balaban J connectivity index is 2.25. The van der Waals surface area contributed by atoms with Gasteiger partial charge in [0, 0.05) is 12.6 Å². The van der Waals surface area contributed by atoms with E-state index in [0.29, 0.717) is 17.1 Å². The summed E-state index contributed by atoms with van der Waals surface area (Å²) in [6.07, 6.45) is 0. The van der Waals surface area contributed by atoms with E-state index in [9.17, 15) is 0 Å². The summed E-state index contributed by atoms with van der Waals surface area (Å²) in [4.78, 5) is 6.71. The normalized spacial score (nSPS) is 30.9. The SMILES string of the molecule is CC1CN(c2cccc(Cl)n2)C(C)C1C. The van der Waals surface area contributed by atoms with E-state index in [2.05, 4.69) is 30.7 Å². The summed E-state index contributed by atoms with van der Waals surface area (Å²) in [5.41, 5.74) is 0. The fourth-order valence-corrected chi connectivity index (χ4v) is 2.42. The maximum Gasteiger partial charge on any atom is 0.131 e. The lowest BCUT2D eigenvalue weighted by Crippen LogP contribution is -2.29. The number of rotatable bonds is 1. The minimum atomic E-state index is 0.547. The second-order valence-corrected chi connectivity index (χ2v) is 4.94. The van der Waals surface area contributed by atoms with Gasteiger partial charge in [-0.2, -0.15) is 0 Å². The van der Waals surface area contributed by atoms with Gasteiger partial charge in [0.15, 0.2) is 0 Å². The molecule has 0 bridgehead atoms. The van der Waals surface area contributed by atoms with Gasteiger partial charge in [0.1, 0.15) is 11.0 Å². The zero-order chi connectivity index (χ0) is 11.0. The van der Waals surface area contributed by atoms with Crippen LogP contribution in [0.2, 0.25) is 5.15 Å². The van der Waals surface area contributed by atoms with Crippen LogP contribution < -0.4 is 4.90 Å². The Labute approximate surface area is 96.3 Å². The summed E-state index contributed by atoms with van der Waals surface area (Å²) in [6.45, 7) is 7.94. The highest BCUT2D eigenvalue weighted by molar-refractivity contribution is 6.29. The van der Waals surface area contributed by atoms with E-state index in [0.717, 1.165) is 18.3 Å². The lowest BCUT2D eigenvalue weighted by atomic mass is 9.95. The molecule has 82 valence electrons. The summed E-state index contributed by atoms with van der Waals surface area (Å²) in [5.74, 6) is 2.44. The minimum Gasteiger partial charge on any atom is -0.353 e. The fourth-order valence-electron chi connectivity index (χ4n) is 2.26. The van der Waals surface area contributed by atoms with Gasteiger partial charge in [-0.25, -0.2) is 4.98 Å². The molecule has 2 rings (SSSR count). The van der Waals surface area contributed by atoms with Crippen LogP contribution in [0.25, 0.3) is 0 Å². The van der Waals surface area contributed by atoms with Crippen molar-refractivity contribution in [2.45, 2.75) is 26.8 Å². The first-order chi connectivity index (χ1) is 7.09. The predicted molar refractivity (Wildman–Crippen MR) is 64.4 cm³/mol. The van der Waals surface area contributed by atoms with Crippen LogP contribution in [0, 0.1) is 11.8 Å². The van der Waals surface area contributed by atoms with Crippen molar-refractivity contribution < 1.29 is 0 Å². The molecule has 0 radical (unpaired) electrons. The number of pyridine rings is 1. The third-order valence-electron chi connectivity index (χ3n) is 3.63. The van der Waals surface area contributed by atoms with E-state index in [-0.39, 0.29) is 0 Å². The summed E-state index contributed by atoms with van der Waals surface area (Å²) >= 11 is 5.91. The highest BCUT2D eigenvalue weighted by Gasteiger charge is 2.33. The van der Waals surface area contributed by atoms with Gasteiger partial charge in [-0.15, -0.1) is 0 Å².